The Hall–Kier alpha value is -3.94. The van der Waals surface area contributed by atoms with E-state index in [1.807, 2.05) is 37.5 Å². The van der Waals surface area contributed by atoms with E-state index in [0.717, 1.165) is 47.2 Å². The Morgan fingerprint density at radius 3 is 2.59 bits per heavy atom. The van der Waals surface area contributed by atoms with Crippen LogP contribution >= 0.6 is 0 Å². The van der Waals surface area contributed by atoms with E-state index in [-0.39, 0.29) is 17.4 Å². The molecule has 2 aliphatic carbocycles. The summed E-state index contributed by atoms with van der Waals surface area (Å²) in [6.45, 7) is 3.04. The van der Waals surface area contributed by atoms with E-state index < -0.39 is 5.97 Å². The zero-order valence-electron chi connectivity index (χ0n) is 23.9. The van der Waals surface area contributed by atoms with E-state index >= 15 is 0 Å². The summed E-state index contributed by atoms with van der Waals surface area (Å²) in [6, 6.07) is 16.4. The average Bonchev–Trinajstić information content (AvgIpc) is 3.44. The van der Waals surface area contributed by atoms with Crippen LogP contribution in [0.5, 0.6) is 5.75 Å². The Balaban J connectivity index is 1.23. The molecule has 3 unspecified atom stereocenters. The molecule has 4 aromatic rings. The Labute approximate surface area is 241 Å². The normalized spacial score (nSPS) is 19.7. The van der Waals surface area contributed by atoms with Crippen LogP contribution in [0.4, 0.5) is 0 Å². The van der Waals surface area contributed by atoms with E-state index in [1.54, 1.807) is 9.36 Å². The van der Waals surface area contributed by atoms with E-state index in [9.17, 15) is 9.90 Å². The molecule has 8 nitrogen and oxygen atoms in total. The predicted molar refractivity (Wildman–Crippen MR) is 158 cm³/mol. The van der Waals surface area contributed by atoms with Crippen molar-refractivity contribution < 1.29 is 14.6 Å². The first-order chi connectivity index (χ1) is 20.0. The monoisotopic (exact) mass is 553 g/mol. The van der Waals surface area contributed by atoms with Crippen molar-refractivity contribution in [3.8, 4) is 22.6 Å². The molecule has 0 bridgehead atoms. The summed E-state index contributed by atoms with van der Waals surface area (Å²) in [7, 11) is 1.84. The fourth-order valence-electron chi connectivity index (χ4n) is 6.66. The van der Waals surface area contributed by atoms with Crippen molar-refractivity contribution in [2.45, 2.75) is 70.1 Å². The molecule has 2 aromatic heterocycles. The molecule has 2 heterocycles. The Bertz CT molecular complexity index is 1500. The first-order valence-corrected chi connectivity index (χ1v) is 15.0. The third kappa shape index (κ3) is 5.92. The molecule has 6 rings (SSSR count). The third-order valence-corrected chi connectivity index (χ3v) is 8.88. The van der Waals surface area contributed by atoms with Gasteiger partial charge in [-0.25, -0.2) is 9.48 Å². The smallest absolute Gasteiger partial charge is 0.339 e. The number of carboxylic acid groups (broad SMARTS) is 1. The molecule has 2 aliphatic rings. The molecule has 2 aromatic carbocycles. The van der Waals surface area contributed by atoms with Crippen molar-refractivity contribution in [3.05, 3.63) is 77.9 Å². The molecule has 8 heteroatoms. The van der Waals surface area contributed by atoms with Gasteiger partial charge in [0.1, 0.15) is 11.3 Å². The molecule has 41 heavy (non-hydrogen) atoms. The quantitative estimate of drug-likeness (QED) is 0.215. The summed E-state index contributed by atoms with van der Waals surface area (Å²) >= 11 is 0. The van der Waals surface area contributed by atoms with Crippen molar-refractivity contribution in [1.29, 1.82) is 0 Å². The van der Waals surface area contributed by atoms with E-state index in [4.69, 9.17) is 4.74 Å². The fraction of sp³-hybridized carbons (Fsp3) is 0.455. The maximum absolute atomic E-state index is 12.1. The van der Waals surface area contributed by atoms with Crippen LogP contribution in [0.2, 0.25) is 0 Å². The van der Waals surface area contributed by atoms with Crippen molar-refractivity contribution in [2.24, 2.45) is 18.9 Å². The lowest BCUT2D eigenvalue weighted by Gasteiger charge is -2.30. The zero-order chi connectivity index (χ0) is 28.3. The van der Waals surface area contributed by atoms with Crippen LogP contribution in [0.25, 0.3) is 16.8 Å². The Morgan fingerprint density at radius 2 is 1.85 bits per heavy atom. The van der Waals surface area contributed by atoms with Gasteiger partial charge in [-0.15, -0.1) is 5.10 Å². The highest BCUT2D eigenvalue weighted by Crippen LogP contribution is 2.55. The van der Waals surface area contributed by atoms with Gasteiger partial charge in [0.05, 0.1) is 29.9 Å². The number of hydrogen-bond acceptors (Lipinski definition) is 5. The number of carbonyl (C=O) groups is 1. The molecule has 0 saturated heterocycles. The van der Waals surface area contributed by atoms with Gasteiger partial charge in [0.15, 0.2) is 0 Å². The van der Waals surface area contributed by atoms with Gasteiger partial charge >= 0.3 is 5.97 Å². The summed E-state index contributed by atoms with van der Waals surface area (Å²) in [6.07, 6.45) is 13.3. The topological polar surface area (TPSA) is 95.1 Å². The number of aryl methyl sites for hydroxylation is 1. The molecule has 2 fully saturated rings. The van der Waals surface area contributed by atoms with Gasteiger partial charge in [0.2, 0.25) is 0 Å². The first kappa shape index (κ1) is 27.2. The van der Waals surface area contributed by atoms with Crippen molar-refractivity contribution in [1.82, 2.24) is 24.8 Å². The van der Waals surface area contributed by atoms with Gasteiger partial charge in [-0.2, -0.15) is 5.10 Å². The number of benzene rings is 2. The molecule has 0 radical (unpaired) electrons. The lowest BCUT2D eigenvalue weighted by molar-refractivity contribution is 0.0695. The van der Waals surface area contributed by atoms with Crippen LogP contribution in [-0.4, -0.2) is 42.5 Å². The predicted octanol–water partition coefficient (Wildman–Crippen LogP) is 7.01. The van der Waals surface area contributed by atoms with Crippen molar-refractivity contribution >= 4 is 5.97 Å². The highest BCUT2D eigenvalue weighted by atomic mass is 16.5. The second-order valence-electron chi connectivity index (χ2n) is 11.8. The number of hydrogen-bond donors (Lipinski definition) is 1. The van der Waals surface area contributed by atoms with Gasteiger partial charge in [0.25, 0.3) is 0 Å². The van der Waals surface area contributed by atoms with Gasteiger partial charge in [-0.3, -0.25) is 4.68 Å². The Morgan fingerprint density at radius 1 is 1.07 bits per heavy atom. The lowest BCUT2D eigenvalue weighted by Crippen LogP contribution is -2.24. The second kappa shape index (κ2) is 11.9. The van der Waals surface area contributed by atoms with E-state index in [1.165, 1.54) is 51.1 Å². The molecule has 2 saturated carbocycles. The number of rotatable bonds is 11. The molecule has 0 spiro atoms. The maximum Gasteiger partial charge on any atom is 0.339 e. The number of aromatic nitrogens is 5. The molecule has 3 atom stereocenters. The molecular formula is C33H39N5O3. The first-order valence-electron chi connectivity index (χ1n) is 15.0. The van der Waals surface area contributed by atoms with Gasteiger partial charge in [-0.05, 0) is 60.1 Å². The molecule has 214 valence electrons. The largest absolute Gasteiger partial charge is 0.493 e. The maximum atomic E-state index is 12.1. The summed E-state index contributed by atoms with van der Waals surface area (Å²) in [4.78, 5) is 12.1. The van der Waals surface area contributed by atoms with Gasteiger partial charge in [0, 0.05) is 25.1 Å². The van der Waals surface area contributed by atoms with E-state index in [0.29, 0.717) is 11.6 Å². The molecule has 0 amide bonds. The van der Waals surface area contributed by atoms with Gasteiger partial charge < -0.3 is 9.84 Å². The zero-order valence-corrected chi connectivity index (χ0v) is 23.9. The fourth-order valence-corrected chi connectivity index (χ4v) is 6.66. The highest BCUT2D eigenvalue weighted by molar-refractivity contribution is 5.89. The summed E-state index contributed by atoms with van der Waals surface area (Å²) in [5.41, 5.74) is 4.77. The number of aromatic carboxylic acids is 1. The van der Waals surface area contributed by atoms with Crippen LogP contribution in [0.15, 0.2) is 60.9 Å². The van der Waals surface area contributed by atoms with Crippen LogP contribution in [0, 0.1) is 11.8 Å². The van der Waals surface area contributed by atoms with Crippen LogP contribution < -0.4 is 4.74 Å². The highest BCUT2D eigenvalue weighted by Gasteiger charge is 2.46. The molecule has 1 N–H and O–H groups in total. The van der Waals surface area contributed by atoms with Crippen LogP contribution in [-0.2, 0) is 7.05 Å². The SMILES string of the molecule is CCCC(COc1cccc(-c2cccc(-n3ncc(C(=O)O)c3C3CC3c3cn(C)nn3)c2)c1)C1CCCCC1. The van der Waals surface area contributed by atoms with E-state index in [2.05, 4.69) is 46.6 Å². The molecular weight excluding hydrogens is 514 g/mol. The average molecular weight is 554 g/mol. The number of nitrogens with zero attached hydrogens (tertiary/aromatic N) is 5. The van der Waals surface area contributed by atoms with Crippen molar-refractivity contribution in [3.63, 3.8) is 0 Å². The second-order valence-corrected chi connectivity index (χ2v) is 11.8. The minimum Gasteiger partial charge on any atom is -0.493 e. The summed E-state index contributed by atoms with van der Waals surface area (Å²) in [5, 5.41) is 22.8. The summed E-state index contributed by atoms with van der Waals surface area (Å²) < 4.78 is 9.87. The molecule has 0 aliphatic heterocycles. The van der Waals surface area contributed by atoms with Crippen LogP contribution in [0.3, 0.4) is 0 Å². The lowest BCUT2D eigenvalue weighted by atomic mass is 9.78. The summed E-state index contributed by atoms with van der Waals surface area (Å²) in [5.74, 6) is 1.49. The number of carboxylic acids is 1. The minimum atomic E-state index is -0.966. The number of ether oxygens (including phenoxy) is 1. The standard InChI is InChI=1S/C33H39N5O3/c1-3-9-25(22-10-5-4-6-11-22)21-41-27-15-8-13-24(17-27)23-12-7-14-26(16-23)38-32(30(19-34-38)33(39)40)29-18-28(29)31-20-37(2)36-35-31/h7-8,12-17,19-20,22,25,28-29H,3-6,9-11,18,21H2,1-2H3,(H,39,40). The minimum absolute atomic E-state index is 0.0286. The van der Waals surface area contributed by atoms with Gasteiger partial charge in [-0.1, -0.05) is 74.9 Å². The Kier molecular flexibility index (Phi) is 7.90. The van der Waals surface area contributed by atoms with Crippen molar-refractivity contribution in [2.75, 3.05) is 6.61 Å². The van der Waals surface area contributed by atoms with Crippen LogP contribution in [0.1, 0.15) is 91.9 Å². The third-order valence-electron chi connectivity index (χ3n) is 8.88.